The second-order valence-corrected chi connectivity index (χ2v) is 7.88. The summed E-state index contributed by atoms with van der Waals surface area (Å²) in [6, 6.07) is 23.6. The van der Waals surface area contributed by atoms with Gasteiger partial charge in [0.2, 0.25) is 0 Å². The first-order valence-corrected chi connectivity index (χ1v) is 10.2. The normalized spacial score (nSPS) is 21.5. The lowest BCUT2D eigenvalue weighted by Gasteiger charge is -2.38. The van der Waals surface area contributed by atoms with Gasteiger partial charge in [0, 0.05) is 17.2 Å². The number of ether oxygens (including phenoxy) is 1. The van der Waals surface area contributed by atoms with Gasteiger partial charge in [-0.3, -0.25) is 5.41 Å². The van der Waals surface area contributed by atoms with Crippen LogP contribution in [0.5, 0.6) is 5.75 Å². The van der Waals surface area contributed by atoms with E-state index in [4.69, 9.17) is 15.9 Å². The van der Waals surface area contributed by atoms with Crippen LogP contribution in [0.2, 0.25) is 0 Å². The van der Waals surface area contributed by atoms with Crippen LogP contribution in [0.1, 0.15) is 46.7 Å². The molecule has 0 fully saturated rings. The first kappa shape index (κ1) is 17.8. The van der Waals surface area contributed by atoms with Gasteiger partial charge in [0.25, 0.3) is 0 Å². The molecule has 1 aliphatic carbocycles. The van der Waals surface area contributed by atoms with Gasteiger partial charge in [0.15, 0.2) is 0 Å². The molecule has 2 aliphatic rings. The van der Waals surface area contributed by atoms with Gasteiger partial charge in [-0.1, -0.05) is 36.4 Å². The lowest BCUT2D eigenvalue weighted by atomic mass is 9.75. The van der Waals surface area contributed by atoms with E-state index >= 15 is 0 Å². The van der Waals surface area contributed by atoms with E-state index in [2.05, 4.69) is 66.0 Å². The summed E-state index contributed by atoms with van der Waals surface area (Å²) in [6.45, 7) is 2.68. The largest absolute Gasteiger partial charge is 0.494 e. The van der Waals surface area contributed by atoms with E-state index in [-0.39, 0.29) is 11.9 Å². The van der Waals surface area contributed by atoms with Gasteiger partial charge in [0.1, 0.15) is 11.6 Å². The van der Waals surface area contributed by atoms with Crippen molar-refractivity contribution in [1.29, 1.82) is 5.41 Å². The van der Waals surface area contributed by atoms with E-state index in [1.807, 2.05) is 13.0 Å². The quantitative estimate of drug-likeness (QED) is 0.446. The molecule has 0 aromatic heterocycles. The second-order valence-electron chi connectivity index (χ2n) is 7.88. The Balaban J connectivity index is 1.61. The Morgan fingerprint density at radius 2 is 1.86 bits per heavy atom. The summed E-state index contributed by atoms with van der Waals surface area (Å²) in [5, 5.41) is 11.6. The van der Waals surface area contributed by atoms with E-state index in [1.165, 1.54) is 22.3 Å². The predicted molar refractivity (Wildman–Crippen MR) is 117 cm³/mol. The van der Waals surface area contributed by atoms with Crippen LogP contribution in [0.3, 0.4) is 0 Å². The standard InChI is InChI=1S/C25H25N3O/c1-2-29-18-10-7-15(8-11-18)24-21-13-16-5-3-4-6-19(16)23(21)20-14-17(25(26)27)9-12-22(20)28-24/h3-12,14,21,23-24,28H,2,13H2,1H3,(H3,26,27). The van der Waals surface area contributed by atoms with Crippen LogP contribution in [0.15, 0.2) is 66.7 Å². The van der Waals surface area contributed by atoms with Crippen molar-refractivity contribution in [2.75, 3.05) is 11.9 Å². The fourth-order valence-electron chi connectivity index (χ4n) is 5.00. The lowest BCUT2D eigenvalue weighted by molar-refractivity contribution is 0.340. The molecule has 5 rings (SSSR count). The molecule has 146 valence electrons. The number of nitrogens with two attached hydrogens (primary N) is 1. The number of rotatable bonds is 4. The van der Waals surface area contributed by atoms with Gasteiger partial charge >= 0.3 is 0 Å². The number of nitrogen functional groups attached to an aromatic ring is 1. The first-order chi connectivity index (χ1) is 14.2. The fourth-order valence-corrected chi connectivity index (χ4v) is 5.00. The maximum atomic E-state index is 7.86. The minimum absolute atomic E-state index is 0.115. The van der Waals surface area contributed by atoms with Gasteiger partial charge in [-0.2, -0.15) is 0 Å². The highest BCUT2D eigenvalue weighted by molar-refractivity contribution is 5.95. The minimum Gasteiger partial charge on any atom is -0.494 e. The molecular formula is C25H25N3O. The molecule has 1 heterocycles. The summed E-state index contributed by atoms with van der Waals surface area (Å²) in [5.74, 6) is 1.74. The Morgan fingerprint density at radius 1 is 1.07 bits per heavy atom. The number of benzene rings is 3. The molecule has 4 N–H and O–H groups in total. The molecule has 0 spiro atoms. The Kier molecular flexibility index (Phi) is 4.27. The third-order valence-electron chi connectivity index (χ3n) is 6.26. The number of anilines is 1. The van der Waals surface area contributed by atoms with Crippen LogP contribution >= 0.6 is 0 Å². The zero-order chi connectivity index (χ0) is 20.0. The molecule has 3 atom stereocenters. The molecule has 0 amide bonds. The number of nitrogens with one attached hydrogen (secondary N) is 2. The molecule has 29 heavy (non-hydrogen) atoms. The summed E-state index contributed by atoms with van der Waals surface area (Å²) in [5.41, 5.74) is 13.0. The van der Waals surface area contributed by atoms with Crippen molar-refractivity contribution in [2.45, 2.75) is 25.3 Å². The van der Waals surface area contributed by atoms with Gasteiger partial charge in [-0.05, 0) is 71.8 Å². The van der Waals surface area contributed by atoms with Crippen molar-refractivity contribution in [3.8, 4) is 5.75 Å². The zero-order valence-corrected chi connectivity index (χ0v) is 16.5. The highest BCUT2D eigenvalue weighted by Crippen LogP contribution is 2.53. The molecule has 1 aliphatic heterocycles. The van der Waals surface area contributed by atoms with Crippen molar-refractivity contribution >= 4 is 11.5 Å². The number of fused-ring (bicyclic) bond motifs is 5. The molecule has 0 saturated heterocycles. The summed E-state index contributed by atoms with van der Waals surface area (Å²) in [7, 11) is 0. The number of hydrogen-bond donors (Lipinski definition) is 3. The van der Waals surface area contributed by atoms with Crippen LogP contribution in [-0.4, -0.2) is 12.4 Å². The molecule has 3 aromatic carbocycles. The predicted octanol–water partition coefficient (Wildman–Crippen LogP) is 4.84. The summed E-state index contributed by atoms with van der Waals surface area (Å²) >= 11 is 0. The Morgan fingerprint density at radius 3 is 2.62 bits per heavy atom. The van der Waals surface area contributed by atoms with Crippen molar-refractivity contribution in [3.05, 3.63) is 94.5 Å². The highest BCUT2D eigenvalue weighted by atomic mass is 16.5. The summed E-state index contributed by atoms with van der Waals surface area (Å²) < 4.78 is 5.62. The van der Waals surface area contributed by atoms with E-state index in [9.17, 15) is 0 Å². The topological polar surface area (TPSA) is 71.1 Å². The van der Waals surface area contributed by atoms with Gasteiger partial charge in [0.05, 0.1) is 12.6 Å². The first-order valence-electron chi connectivity index (χ1n) is 10.2. The molecule has 4 nitrogen and oxygen atoms in total. The lowest BCUT2D eigenvalue weighted by Crippen LogP contribution is -2.30. The van der Waals surface area contributed by atoms with Gasteiger partial charge < -0.3 is 15.8 Å². The van der Waals surface area contributed by atoms with Crippen molar-refractivity contribution < 1.29 is 4.74 Å². The minimum atomic E-state index is 0.115. The molecule has 0 saturated carbocycles. The maximum Gasteiger partial charge on any atom is 0.122 e. The monoisotopic (exact) mass is 383 g/mol. The molecule has 3 unspecified atom stereocenters. The third-order valence-corrected chi connectivity index (χ3v) is 6.26. The maximum absolute atomic E-state index is 7.86. The van der Waals surface area contributed by atoms with Gasteiger partial charge in [-0.15, -0.1) is 0 Å². The van der Waals surface area contributed by atoms with E-state index in [1.54, 1.807) is 0 Å². The average Bonchev–Trinajstić information content (AvgIpc) is 3.13. The van der Waals surface area contributed by atoms with Crippen LogP contribution in [-0.2, 0) is 6.42 Å². The molecule has 0 bridgehead atoms. The van der Waals surface area contributed by atoms with E-state index in [0.717, 1.165) is 23.4 Å². The van der Waals surface area contributed by atoms with Crippen LogP contribution in [0.25, 0.3) is 0 Å². The molecule has 4 heteroatoms. The zero-order valence-electron chi connectivity index (χ0n) is 16.5. The molecule has 3 aromatic rings. The van der Waals surface area contributed by atoms with E-state index < -0.39 is 0 Å². The molecular weight excluding hydrogens is 358 g/mol. The van der Waals surface area contributed by atoms with Crippen molar-refractivity contribution in [3.63, 3.8) is 0 Å². The van der Waals surface area contributed by atoms with Crippen LogP contribution in [0.4, 0.5) is 5.69 Å². The van der Waals surface area contributed by atoms with Crippen LogP contribution < -0.4 is 15.8 Å². The Labute approximate surface area is 171 Å². The Bertz CT molecular complexity index is 1070. The van der Waals surface area contributed by atoms with Crippen molar-refractivity contribution in [2.24, 2.45) is 11.7 Å². The number of amidine groups is 1. The molecule has 0 radical (unpaired) electrons. The summed E-state index contributed by atoms with van der Waals surface area (Å²) in [6.07, 6.45) is 1.04. The SMILES string of the molecule is CCOc1ccc(C2Nc3ccc(C(=N)N)cc3C3c4ccccc4CC23)cc1. The Hall–Kier alpha value is -3.27. The second kappa shape index (κ2) is 6.96. The smallest absolute Gasteiger partial charge is 0.122 e. The highest BCUT2D eigenvalue weighted by Gasteiger charge is 2.43. The number of hydrogen-bond acceptors (Lipinski definition) is 3. The van der Waals surface area contributed by atoms with Crippen molar-refractivity contribution in [1.82, 2.24) is 0 Å². The van der Waals surface area contributed by atoms with Gasteiger partial charge in [-0.25, -0.2) is 0 Å². The van der Waals surface area contributed by atoms with Crippen LogP contribution in [0, 0.1) is 11.3 Å². The fraction of sp³-hybridized carbons (Fsp3) is 0.240. The third kappa shape index (κ3) is 2.96. The van der Waals surface area contributed by atoms with E-state index in [0.29, 0.717) is 18.4 Å². The summed E-state index contributed by atoms with van der Waals surface area (Å²) in [4.78, 5) is 0. The average molecular weight is 383 g/mol.